The van der Waals surface area contributed by atoms with Crippen LogP contribution in [-0.2, 0) is 22.9 Å². The molecule has 0 N–H and O–H groups in total. The van der Waals surface area contributed by atoms with E-state index >= 15 is 0 Å². The van der Waals surface area contributed by atoms with E-state index in [1.807, 2.05) is 0 Å². The van der Waals surface area contributed by atoms with E-state index in [1.54, 1.807) is 38.9 Å². The van der Waals surface area contributed by atoms with Crippen LogP contribution in [0.4, 0.5) is 0 Å². The van der Waals surface area contributed by atoms with Gasteiger partial charge < -0.3 is 1.43 Å². The van der Waals surface area contributed by atoms with Gasteiger partial charge in [-0.15, -0.1) is 0 Å². The molecule has 0 amide bonds. The summed E-state index contributed by atoms with van der Waals surface area (Å²) in [7, 11) is 1.96. The molecule has 0 aliphatic carbocycles. The molecular formula is C14H21P2Sc. The Morgan fingerprint density at radius 1 is 0.647 bits per heavy atom. The summed E-state index contributed by atoms with van der Waals surface area (Å²) in [6.07, 6.45) is 0. The first kappa shape index (κ1) is 13.9. The monoisotopic (exact) mass is 296 g/mol. The maximum absolute atomic E-state index is 2.35. The van der Waals surface area contributed by atoms with Crippen LogP contribution in [0, 0.1) is 41.5 Å². The van der Waals surface area contributed by atoms with Crippen molar-refractivity contribution in [2.24, 2.45) is 0 Å². The van der Waals surface area contributed by atoms with Gasteiger partial charge in [0.05, 0.1) is 0 Å². The van der Waals surface area contributed by atoms with Crippen molar-refractivity contribution in [3.05, 3.63) is 32.3 Å². The minimum absolute atomic E-state index is 0. The molecule has 0 aliphatic rings. The summed E-state index contributed by atoms with van der Waals surface area (Å²) in [6.45, 7) is 14.0. The fourth-order valence-corrected chi connectivity index (χ4v) is 9.04. The summed E-state index contributed by atoms with van der Waals surface area (Å²) in [6, 6.07) is 0. The molecule has 2 unspecified atom stereocenters. The molecule has 90 valence electrons. The third-order valence-corrected chi connectivity index (χ3v) is 11.1. The number of aryl methyl sites for hydroxylation is 4. The molecule has 17 heavy (non-hydrogen) atoms. The Balaban J connectivity index is 0.00000162. The van der Waals surface area contributed by atoms with Gasteiger partial charge in [0.25, 0.3) is 0 Å². The largest absolute Gasteiger partial charge is 1.00 e. The van der Waals surface area contributed by atoms with Crippen LogP contribution in [-0.4, -0.2) is 0 Å². The standard InChI is InChI=1S/2C7H10P.Sc.H/c2*1-5-4-6(2)8-7(5)3;;/h2*8H,1-3H3;;/q;;+1;-1. The van der Waals surface area contributed by atoms with Crippen LogP contribution in [0.5, 0.6) is 0 Å². The first-order valence-electron chi connectivity index (χ1n) is 6.08. The molecule has 2 aromatic rings. The number of rotatable bonds is 2. The molecule has 2 atom stereocenters. The average molecular weight is 296 g/mol. The predicted octanol–water partition coefficient (Wildman–Crippen LogP) is 3.75. The Labute approximate surface area is 121 Å². The fourth-order valence-electron chi connectivity index (χ4n) is 2.43. The van der Waals surface area contributed by atoms with Gasteiger partial charge in [0.1, 0.15) is 0 Å². The second kappa shape index (κ2) is 5.20. The molecule has 2 heterocycles. The Kier molecular flexibility index (Phi) is 4.24. The normalized spacial score (nSPS) is 11.6. The zero-order valence-electron chi connectivity index (χ0n) is 12.6. The van der Waals surface area contributed by atoms with Crippen LogP contribution < -0.4 is 6.64 Å². The van der Waals surface area contributed by atoms with Crippen LogP contribution in [0.1, 0.15) is 33.7 Å². The van der Waals surface area contributed by atoms with Gasteiger partial charge in [-0.25, -0.2) is 0 Å². The van der Waals surface area contributed by atoms with Crippen molar-refractivity contribution < 1.29 is 24.3 Å². The van der Waals surface area contributed by atoms with Crippen molar-refractivity contribution in [1.82, 2.24) is 0 Å². The summed E-state index contributed by atoms with van der Waals surface area (Å²) >= 11 is -0.407. The molecule has 0 spiro atoms. The van der Waals surface area contributed by atoms with Crippen LogP contribution in [0.15, 0.2) is 0 Å². The molecule has 0 aliphatic heterocycles. The Hall–Kier alpha value is 0.430. The van der Waals surface area contributed by atoms with Crippen LogP contribution in [0.25, 0.3) is 0 Å². The average Bonchev–Trinajstić information content (AvgIpc) is 2.62. The molecule has 0 bridgehead atoms. The Morgan fingerprint density at radius 2 is 1.00 bits per heavy atom. The van der Waals surface area contributed by atoms with Gasteiger partial charge in [-0.2, -0.15) is 0 Å². The summed E-state index contributed by atoms with van der Waals surface area (Å²) in [5, 5.41) is 6.63. The van der Waals surface area contributed by atoms with Gasteiger partial charge in [0.2, 0.25) is 0 Å². The summed E-state index contributed by atoms with van der Waals surface area (Å²) in [5.74, 6) is 0. The molecule has 0 aromatic carbocycles. The van der Waals surface area contributed by atoms with Crippen LogP contribution in [0.3, 0.4) is 0 Å². The van der Waals surface area contributed by atoms with Crippen molar-refractivity contribution in [1.29, 1.82) is 0 Å². The van der Waals surface area contributed by atoms with Crippen molar-refractivity contribution >= 4 is 23.0 Å². The minimum atomic E-state index is -0.407. The molecule has 3 heteroatoms. The van der Waals surface area contributed by atoms with Gasteiger partial charge in [-0.05, 0) is 0 Å². The second-order valence-corrected chi connectivity index (χ2v) is 10.7. The molecule has 0 saturated heterocycles. The predicted molar refractivity (Wildman–Crippen MR) is 80.7 cm³/mol. The number of hydrogen-bond donors (Lipinski definition) is 0. The van der Waals surface area contributed by atoms with E-state index in [-0.39, 0.29) is 1.43 Å². The van der Waals surface area contributed by atoms with E-state index in [0.717, 1.165) is 16.4 Å². The minimum Gasteiger partial charge on any atom is -1.00 e. The smallest absolute Gasteiger partial charge is 1.00 e. The van der Waals surface area contributed by atoms with Crippen molar-refractivity contribution in [3.8, 4) is 0 Å². The first-order valence-corrected chi connectivity index (χ1v) is 9.88. The third-order valence-electron chi connectivity index (χ3n) is 3.78. The van der Waals surface area contributed by atoms with E-state index in [9.17, 15) is 0 Å². The SMILES string of the molecule is Cc1[pH]c(C)[c]([Sc+][c]2c(C)[pH]c(C)c2C)c1C.[H-]. The Bertz CT molecular complexity index is 517. The maximum atomic E-state index is 2.35. The molecule has 0 radical (unpaired) electrons. The van der Waals surface area contributed by atoms with E-state index in [0.29, 0.717) is 0 Å². The zero-order valence-corrected chi connectivity index (χ0v) is 15.4. The first-order chi connectivity index (χ1) is 7.91. The fraction of sp³-hybridized carbons (Fsp3) is 0.429. The van der Waals surface area contributed by atoms with E-state index < -0.39 is 22.9 Å². The topological polar surface area (TPSA) is 0 Å². The van der Waals surface area contributed by atoms with Gasteiger partial charge in [-0.1, -0.05) is 0 Å². The quantitative estimate of drug-likeness (QED) is 0.792. The van der Waals surface area contributed by atoms with Crippen molar-refractivity contribution in [3.63, 3.8) is 0 Å². The number of hydrogen-bond acceptors (Lipinski definition) is 0. The van der Waals surface area contributed by atoms with Gasteiger partial charge in [0.15, 0.2) is 0 Å². The van der Waals surface area contributed by atoms with E-state index in [2.05, 4.69) is 41.5 Å². The molecule has 0 fully saturated rings. The molecule has 0 saturated carbocycles. The van der Waals surface area contributed by atoms with Gasteiger partial charge in [0, 0.05) is 0 Å². The van der Waals surface area contributed by atoms with Gasteiger partial charge >= 0.3 is 120 Å². The van der Waals surface area contributed by atoms with Crippen molar-refractivity contribution in [2.45, 2.75) is 41.5 Å². The molecule has 0 nitrogen and oxygen atoms in total. The molecular weight excluding hydrogens is 275 g/mol. The van der Waals surface area contributed by atoms with Crippen LogP contribution in [0.2, 0.25) is 0 Å². The maximum Gasteiger partial charge on any atom is -1.00 e. The van der Waals surface area contributed by atoms with E-state index in [4.69, 9.17) is 0 Å². The van der Waals surface area contributed by atoms with Gasteiger partial charge in [-0.3, -0.25) is 0 Å². The van der Waals surface area contributed by atoms with E-state index in [1.165, 1.54) is 0 Å². The summed E-state index contributed by atoms with van der Waals surface area (Å²) < 4.78 is 3.55. The van der Waals surface area contributed by atoms with Crippen molar-refractivity contribution in [2.75, 3.05) is 0 Å². The zero-order chi connectivity index (χ0) is 12.7. The molecule has 2 aromatic heterocycles. The third kappa shape index (κ3) is 2.58. The Morgan fingerprint density at radius 3 is 1.24 bits per heavy atom. The second-order valence-electron chi connectivity index (χ2n) is 4.97. The van der Waals surface area contributed by atoms with Crippen LogP contribution >= 0.6 is 16.4 Å². The molecule has 2 rings (SSSR count). The summed E-state index contributed by atoms with van der Waals surface area (Å²) in [4.78, 5) is 0. The summed E-state index contributed by atoms with van der Waals surface area (Å²) in [5.41, 5.74) is 3.25.